The number of rotatable bonds is 6. The maximum atomic E-state index is 12.6. The molecule has 0 radical (unpaired) electrons. The molecule has 1 heterocycles. The van der Waals surface area contributed by atoms with E-state index < -0.39 is 0 Å². The van der Waals surface area contributed by atoms with Crippen molar-refractivity contribution in [1.82, 2.24) is 10.3 Å². The van der Waals surface area contributed by atoms with Crippen LogP contribution < -0.4 is 14.8 Å². The average molecular weight is 358 g/mol. The van der Waals surface area contributed by atoms with Gasteiger partial charge in [-0.2, -0.15) is 0 Å². The van der Waals surface area contributed by atoms with Crippen LogP contribution in [-0.4, -0.2) is 30.6 Å². The van der Waals surface area contributed by atoms with E-state index in [0.717, 1.165) is 23.4 Å². The van der Waals surface area contributed by atoms with Crippen molar-refractivity contribution in [3.05, 3.63) is 29.3 Å². The minimum atomic E-state index is 0.00799. The second-order valence-electron chi connectivity index (χ2n) is 6.84. The molecule has 0 aliphatic heterocycles. The van der Waals surface area contributed by atoms with Crippen molar-refractivity contribution < 1.29 is 14.3 Å². The average Bonchev–Trinajstić information content (AvgIpc) is 3.15. The van der Waals surface area contributed by atoms with E-state index >= 15 is 0 Å². The zero-order chi connectivity index (χ0) is 17.4. The van der Waals surface area contributed by atoms with Crippen molar-refractivity contribution in [2.24, 2.45) is 5.92 Å². The lowest BCUT2D eigenvalue weighted by molar-refractivity contribution is 0.0891. The molecule has 2 aliphatic carbocycles. The van der Waals surface area contributed by atoms with Gasteiger partial charge in [0.15, 0.2) is 11.5 Å². The quantitative estimate of drug-likeness (QED) is 0.851. The van der Waals surface area contributed by atoms with E-state index in [2.05, 4.69) is 10.3 Å². The molecular formula is C19H22N2O3S. The molecular weight excluding hydrogens is 336 g/mol. The Labute approximate surface area is 151 Å². The molecule has 6 heteroatoms. The minimum Gasteiger partial charge on any atom is -0.493 e. The van der Waals surface area contributed by atoms with Crippen LogP contribution in [0, 0.1) is 5.92 Å². The summed E-state index contributed by atoms with van der Waals surface area (Å²) in [5.74, 6) is 2.02. The summed E-state index contributed by atoms with van der Waals surface area (Å²) in [6.45, 7) is 0. The van der Waals surface area contributed by atoms with Crippen LogP contribution >= 0.6 is 11.3 Å². The summed E-state index contributed by atoms with van der Waals surface area (Å²) in [4.78, 5) is 17.7. The number of hydrogen-bond acceptors (Lipinski definition) is 5. The molecule has 2 fully saturated rings. The van der Waals surface area contributed by atoms with Crippen molar-refractivity contribution in [3.8, 4) is 22.1 Å². The first-order valence-electron chi connectivity index (χ1n) is 8.66. The van der Waals surface area contributed by atoms with Crippen LogP contribution in [0.25, 0.3) is 10.6 Å². The van der Waals surface area contributed by atoms with Crippen LogP contribution in [0.1, 0.15) is 41.8 Å². The van der Waals surface area contributed by atoms with E-state index in [1.807, 2.05) is 18.2 Å². The van der Waals surface area contributed by atoms with E-state index in [1.54, 1.807) is 20.4 Å². The van der Waals surface area contributed by atoms with Crippen LogP contribution in [0.4, 0.5) is 0 Å². The maximum Gasteiger partial charge on any atom is 0.263 e. The van der Waals surface area contributed by atoms with Crippen molar-refractivity contribution >= 4 is 17.2 Å². The van der Waals surface area contributed by atoms with E-state index in [1.165, 1.54) is 30.6 Å². The number of thiazole rings is 1. The van der Waals surface area contributed by atoms with Crippen molar-refractivity contribution in [1.29, 1.82) is 0 Å². The zero-order valence-electron chi connectivity index (χ0n) is 14.5. The summed E-state index contributed by atoms with van der Waals surface area (Å²) in [5.41, 5.74) is 0.991. The summed E-state index contributed by atoms with van der Waals surface area (Å²) in [5, 5.41) is 4.08. The largest absolute Gasteiger partial charge is 0.493 e. The van der Waals surface area contributed by atoms with Crippen LogP contribution in [-0.2, 0) is 0 Å². The number of amides is 1. The number of ether oxygens (including phenoxy) is 2. The van der Waals surface area contributed by atoms with E-state index in [4.69, 9.17) is 9.47 Å². The molecule has 2 aliphatic rings. The topological polar surface area (TPSA) is 60.5 Å². The molecule has 5 nitrogen and oxygen atoms in total. The number of benzene rings is 1. The van der Waals surface area contributed by atoms with Gasteiger partial charge in [-0.05, 0) is 49.8 Å². The fourth-order valence-electron chi connectivity index (χ4n) is 3.50. The zero-order valence-corrected chi connectivity index (χ0v) is 15.3. The van der Waals surface area contributed by atoms with Crippen LogP contribution in [0.3, 0.4) is 0 Å². The lowest BCUT2D eigenvalue weighted by Gasteiger charge is -2.34. The summed E-state index contributed by atoms with van der Waals surface area (Å²) < 4.78 is 10.6. The molecule has 0 saturated heterocycles. The second-order valence-corrected chi connectivity index (χ2v) is 7.87. The van der Waals surface area contributed by atoms with Gasteiger partial charge in [-0.1, -0.05) is 6.42 Å². The third kappa shape index (κ3) is 2.99. The highest BCUT2D eigenvalue weighted by Crippen LogP contribution is 2.51. The molecule has 2 aromatic rings. The normalized spacial score (nSPS) is 18.3. The Bertz CT molecular complexity index is 794. The van der Waals surface area contributed by atoms with Crippen LogP contribution in [0.5, 0.6) is 11.5 Å². The molecule has 1 aromatic heterocycles. The third-order valence-corrected chi connectivity index (χ3v) is 6.44. The van der Waals surface area contributed by atoms with Gasteiger partial charge in [-0.15, -0.1) is 11.3 Å². The Morgan fingerprint density at radius 3 is 2.60 bits per heavy atom. The summed E-state index contributed by atoms with van der Waals surface area (Å²) in [6.07, 6.45) is 7.70. The SMILES string of the molecule is COc1ccc(-c2ncc(C(=O)NC3(C4CCC4)CC3)s2)cc1OC. The molecule has 25 heavy (non-hydrogen) atoms. The van der Waals surface area contributed by atoms with E-state index in [9.17, 15) is 4.79 Å². The third-order valence-electron chi connectivity index (χ3n) is 5.40. The van der Waals surface area contributed by atoms with E-state index in [0.29, 0.717) is 22.3 Å². The predicted molar refractivity (Wildman–Crippen MR) is 97.4 cm³/mol. The summed E-state index contributed by atoms with van der Waals surface area (Å²) in [7, 11) is 3.22. The van der Waals surface area contributed by atoms with Gasteiger partial charge in [0, 0.05) is 11.1 Å². The number of methoxy groups -OCH3 is 2. The molecule has 1 N–H and O–H groups in total. The highest BCUT2D eigenvalue weighted by Gasteiger charge is 2.52. The highest BCUT2D eigenvalue weighted by molar-refractivity contribution is 7.16. The van der Waals surface area contributed by atoms with Gasteiger partial charge in [0.2, 0.25) is 0 Å². The molecule has 0 unspecified atom stereocenters. The first-order valence-corrected chi connectivity index (χ1v) is 9.47. The molecule has 0 atom stereocenters. The van der Waals surface area contributed by atoms with Crippen molar-refractivity contribution in [2.45, 2.75) is 37.6 Å². The fourth-order valence-corrected chi connectivity index (χ4v) is 4.31. The molecule has 1 aromatic carbocycles. The first kappa shape index (κ1) is 16.4. The molecule has 1 amide bonds. The first-order chi connectivity index (χ1) is 12.1. The monoisotopic (exact) mass is 358 g/mol. The number of carbonyl (C=O) groups is 1. The second kappa shape index (κ2) is 6.33. The Morgan fingerprint density at radius 1 is 1.24 bits per heavy atom. The molecule has 0 bridgehead atoms. The van der Waals surface area contributed by atoms with Gasteiger partial charge in [-0.3, -0.25) is 4.79 Å². The minimum absolute atomic E-state index is 0.00799. The lowest BCUT2D eigenvalue weighted by atomic mass is 9.78. The Balaban J connectivity index is 1.51. The molecule has 132 valence electrons. The van der Waals surface area contributed by atoms with Crippen LogP contribution in [0.2, 0.25) is 0 Å². The molecule has 0 spiro atoms. The number of hydrogen-bond donors (Lipinski definition) is 1. The lowest BCUT2D eigenvalue weighted by Crippen LogP contribution is -2.44. The number of nitrogens with one attached hydrogen (secondary N) is 1. The van der Waals surface area contributed by atoms with Gasteiger partial charge >= 0.3 is 0 Å². The maximum absolute atomic E-state index is 12.6. The van der Waals surface area contributed by atoms with E-state index in [-0.39, 0.29) is 11.4 Å². The molecule has 4 rings (SSSR count). The summed E-state index contributed by atoms with van der Waals surface area (Å²) in [6, 6.07) is 5.67. The standard InChI is InChI=1S/C19H22N2O3S/c1-23-14-7-6-12(10-15(14)24-2)18-20-11-16(25-18)17(22)21-19(8-9-19)13-4-3-5-13/h6-7,10-11,13H,3-5,8-9H2,1-2H3,(H,21,22). The van der Waals surface area contributed by atoms with Crippen LogP contribution in [0.15, 0.2) is 24.4 Å². The smallest absolute Gasteiger partial charge is 0.263 e. The summed E-state index contributed by atoms with van der Waals surface area (Å²) >= 11 is 1.41. The van der Waals surface area contributed by atoms with Crippen molar-refractivity contribution in [3.63, 3.8) is 0 Å². The Hall–Kier alpha value is -2.08. The fraction of sp³-hybridized carbons (Fsp3) is 0.474. The van der Waals surface area contributed by atoms with Gasteiger partial charge in [-0.25, -0.2) is 4.98 Å². The van der Waals surface area contributed by atoms with Gasteiger partial charge in [0.25, 0.3) is 5.91 Å². The van der Waals surface area contributed by atoms with Gasteiger partial charge < -0.3 is 14.8 Å². The molecule has 2 saturated carbocycles. The Morgan fingerprint density at radius 2 is 2.00 bits per heavy atom. The number of carbonyl (C=O) groups excluding carboxylic acids is 1. The van der Waals surface area contributed by atoms with Crippen molar-refractivity contribution in [2.75, 3.05) is 14.2 Å². The van der Waals surface area contributed by atoms with Gasteiger partial charge in [0.1, 0.15) is 9.88 Å². The highest BCUT2D eigenvalue weighted by atomic mass is 32.1. The predicted octanol–water partition coefficient (Wildman–Crippen LogP) is 3.89. The number of nitrogens with zero attached hydrogens (tertiary/aromatic N) is 1. The number of aromatic nitrogens is 1. The Kier molecular flexibility index (Phi) is 4.15. The van der Waals surface area contributed by atoms with Gasteiger partial charge in [0.05, 0.1) is 20.4 Å².